The van der Waals surface area contributed by atoms with E-state index in [4.69, 9.17) is 14.2 Å². The number of rotatable bonds is 6. The zero-order chi connectivity index (χ0) is 26.5. The van der Waals surface area contributed by atoms with E-state index in [-0.39, 0.29) is 23.9 Å². The number of carbonyl (C=O) groups is 3. The molecule has 2 aliphatic rings. The molecule has 0 unspecified atom stereocenters. The average molecular weight is 526 g/mol. The van der Waals surface area contributed by atoms with Crippen LogP contribution in [0.3, 0.4) is 0 Å². The van der Waals surface area contributed by atoms with Gasteiger partial charge in [0.15, 0.2) is 11.5 Å². The van der Waals surface area contributed by atoms with Crippen LogP contribution < -0.4 is 19.7 Å². The number of hydrogen-bond acceptors (Lipinski definition) is 7. The summed E-state index contributed by atoms with van der Waals surface area (Å²) in [6.07, 6.45) is 2.83. The third-order valence-electron chi connectivity index (χ3n) is 6.38. The Kier molecular flexibility index (Phi) is 8.27. The fourth-order valence-corrected chi connectivity index (χ4v) is 5.41. The number of methoxy groups -OCH3 is 2. The normalized spacial score (nSPS) is 16.9. The molecule has 0 aromatic heterocycles. The van der Waals surface area contributed by atoms with Crippen molar-refractivity contribution in [2.75, 3.05) is 45.9 Å². The summed E-state index contributed by atoms with van der Waals surface area (Å²) in [7, 11) is 4.85. The molecule has 0 bridgehead atoms. The number of likely N-dealkylation sites (tertiary alicyclic amines) is 1. The lowest BCUT2D eigenvalue weighted by atomic mass is 10.0. The topological polar surface area (TPSA) is 97.4 Å². The van der Waals surface area contributed by atoms with E-state index in [0.29, 0.717) is 60.2 Å². The highest BCUT2D eigenvalue weighted by molar-refractivity contribution is 8.04. The molecule has 4 rings (SSSR count). The van der Waals surface area contributed by atoms with Crippen LogP contribution in [0.15, 0.2) is 46.2 Å². The van der Waals surface area contributed by atoms with Crippen molar-refractivity contribution in [1.82, 2.24) is 10.2 Å². The SMILES string of the molecule is CCOC(=O)N1CCC(NC(=O)c2ccc3c(c2)N(C)C(=O)/C(=C/c2ccc(OC)c(OC)c2)S3)CC1. The predicted octanol–water partition coefficient (Wildman–Crippen LogP) is 4.16. The standard InChI is InChI=1S/C27H31N3O6S/c1-5-36-27(33)30-12-10-19(11-13-30)28-25(31)18-7-9-23-20(16-18)29(2)26(32)24(37-23)15-17-6-8-21(34-3)22(14-17)35-4/h6-9,14-16,19H,5,10-13H2,1-4H3,(H,28,31)/b24-15-. The van der Waals surface area contributed by atoms with E-state index >= 15 is 0 Å². The van der Waals surface area contributed by atoms with Crippen LogP contribution in [-0.4, -0.2) is 69.8 Å². The lowest BCUT2D eigenvalue weighted by molar-refractivity contribution is -0.114. The van der Waals surface area contributed by atoms with Gasteiger partial charge in [-0.15, -0.1) is 0 Å². The number of ether oxygens (including phenoxy) is 3. The van der Waals surface area contributed by atoms with Crippen LogP contribution in [0, 0.1) is 0 Å². The Labute approximate surface area is 220 Å². The number of benzene rings is 2. The molecule has 10 heteroatoms. The Morgan fingerprint density at radius 1 is 1.08 bits per heavy atom. The van der Waals surface area contributed by atoms with E-state index in [1.54, 1.807) is 56.2 Å². The van der Waals surface area contributed by atoms with Crippen LogP contribution in [0.25, 0.3) is 6.08 Å². The molecule has 2 aromatic rings. The Morgan fingerprint density at radius 3 is 2.49 bits per heavy atom. The lowest BCUT2D eigenvalue weighted by Gasteiger charge is -2.32. The van der Waals surface area contributed by atoms with Crippen molar-refractivity contribution < 1.29 is 28.6 Å². The van der Waals surface area contributed by atoms with Crippen molar-refractivity contribution in [3.8, 4) is 11.5 Å². The van der Waals surface area contributed by atoms with Crippen LogP contribution in [0.2, 0.25) is 0 Å². The summed E-state index contributed by atoms with van der Waals surface area (Å²) in [5.41, 5.74) is 1.98. The minimum atomic E-state index is -0.313. The van der Waals surface area contributed by atoms with E-state index in [1.165, 1.54) is 11.8 Å². The molecule has 0 radical (unpaired) electrons. The van der Waals surface area contributed by atoms with Gasteiger partial charge in [-0.25, -0.2) is 4.79 Å². The molecule has 196 valence electrons. The van der Waals surface area contributed by atoms with Gasteiger partial charge in [-0.2, -0.15) is 0 Å². The van der Waals surface area contributed by atoms with Gasteiger partial charge in [0.1, 0.15) is 0 Å². The molecule has 1 saturated heterocycles. The second-order valence-corrected chi connectivity index (χ2v) is 9.79. The van der Waals surface area contributed by atoms with Gasteiger partial charge in [0.2, 0.25) is 0 Å². The second kappa shape index (κ2) is 11.6. The number of anilines is 1. The highest BCUT2D eigenvalue weighted by Crippen LogP contribution is 2.42. The highest BCUT2D eigenvalue weighted by atomic mass is 32.2. The molecule has 9 nitrogen and oxygen atoms in total. The smallest absolute Gasteiger partial charge is 0.409 e. The van der Waals surface area contributed by atoms with Crippen molar-refractivity contribution >= 4 is 41.4 Å². The monoisotopic (exact) mass is 525 g/mol. The van der Waals surface area contributed by atoms with Crippen LogP contribution in [-0.2, 0) is 9.53 Å². The number of carbonyl (C=O) groups excluding carboxylic acids is 3. The summed E-state index contributed by atoms with van der Waals surface area (Å²) >= 11 is 1.37. The number of thioether (sulfide) groups is 1. The molecular weight excluding hydrogens is 494 g/mol. The van der Waals surface area contributed by atoms with Crippen LogP contribution in [0.1, 0.15) is 35.7 Å². The van der Waals surface area contributed by atoms with Gasteiger partial charge in [-0.05, 0) is 61.7 Å². The predicted molar refractivity (Wildman–Crippen MR) is 142 cm³/mol. The highest BCUT2D eigenvalue weighted by Gasteiger charge is 2.29. The average Bonchev–Trinajstić information content (AvgIpc) is 2.91. The van der Waals surface area contributed by atoms with Gasteiger partial charge in [-0.1, -0.05) is 17.8 Å². The van der Waals surface area contributed by atoms with Crippen molar-refractivity contribution in [3.05, 3.63) is 52.4 Å². The first kappa shape index (κ1) is 26.4. The third kappa shape index (κ3) is 5.85. The molecule has 2 heterocycles. The second-order valence-electron chi connectivity index (χ2n) is 8.71. The molecule has 0 aliphatic carbocycles. The quantitative estimate of drug-likeness (QED) is 0.566. The number of piperidine rings is 1. The molecule has 0 atom stereocenters. The molecule has 2 aromatic carbocycles. The fraction of sp³-hybridized carbons (Fsp3) is 0.370. The van der Waals surface area contributed by atoms with Gasteiger partial charge >= 0.3 is 6.09 Å². The molecule has 1 N–H and O–H groups in total. The summed E-state index contributed by atoms with van der Waals surface area (Å²) in [6, 6.07) is 10.8. The Morgan fingerprint density at radius 2 is 1.81 bits per heavy atom. The Balaban J connectivity index is 1.45. The van der Waals surface area contributed by atoms with E-state index < -0.39 is 0 Å². The molecule has 0 saturated carbocycles. The first-order valence-electron chi connectivity index (χ1n) is 12.1. The Hall–Kier alpha value is -3.66. The molecule has 3 amide bonds. The molecular formula is C27H31N3O6S. The lowest BCUT2D eigenvalue weighted by Crippen LogP contribution is -2.46. The molecule has 1 fully saturated rings. The minimum Gasteiger partial charge on any atom is -0.493 e. The summed E-state index contributed by atoms with van der Waals surface area (Å²) in [4.78, 5) is 42.7. The third-order valence-corrected chi connectivity index (χ3v) is 7.46. The van der Waals surface area contributed by atoms with E-state index in [0.717, 1.165) is 10.5 Å². The van der Waals surface area contributed by atoms with Crippen molar-refractivity contribution in [2.45, 2.75) is 30.7 Å². The maximum atomic E-state index is 13.1. The number of fused-ring (bicyclic) bond motifs is 1. The van der Waals surface area contributed by atoms with Crippen LogP contribution in [0.4, 0.5) is 10.5 Å². The van der Waals surface area contributed by atoms with E-state index in [9.17, 15) is 14.4 Å². The zero-order valence-electron chi connectivity index (χ0n) is 21.4. The van der Waals surface area contributed by atoms with Crippen molar-refractivity contribution in [1.29, 1.82) is 0 Å². The summed E-state index contributed by atoms with van der Waals surface area (Å²) in [5.74, 6) is 0.845. The number of amides is 3. The first-order valence-corrected chi connectivity index (χ1v) is 12.9. The largest absolute Gasteiger partial charge is 0.493 e. The minimum absolute atomic E-state index is 0.0287. The van der Waals surface area contributed by atoms with E-state index in [2.05, 4.69) is 5.32 Å². The van der Waals surface area contributed by atoms with Gasteiger partial charge < -0.3 is 29.3 Å². The zero-order valence-corrected chi connectivity index (χ0v) is 22.2. The summed E-state index contributed by atoms with van der Waals surface area (Å²) < 4.78 is 15.7. The van der Waals surface area contributed by atoms with Crippen LogP contribution in [0.5, 0.6) is 11.5 Å². The van der Waals surface area contributed by atoms with E-state index in [1.807, 2.05) is 24.3 Å². The summed E-state index contributed by atoms with van der Waals surface area (Å²) in [6.45, 7) is 3.20. The Bertz CT molecular complexity index is 1220. The fourth-order valence-electron chi connectivity index (χ4n) is 4.32. The number of likely N-dealkylation sites (N-methyl/N-ethyl adjacent to an activating group) is 1. The molecule has 2 aliphatic heterocycles. The molecule has 37 heavy (non-hydrogen) atoms. The molecule has 0 spiro atoms. The maximum Gasteiger partial charge on any atom is 0.409 e. The number of nitrogens with one attached hydrogen (secondary N) is 1. The number of hydrogen-bond donors (Lipinski definition) is 1. The summed E-state index contributed by atoms with van der Waals surface area (Å²) in [5, 5.41) is 3.06. The first-order chi connectivity index (χ1) is 17.8. The van der Waals surface area contributed by atoms with Gasteiger partial charge in [0.25, 0.3) is 11.8 Å². The van der Waals surface area contributed by atoms with Gasteiger partial charge in [0.05, 0.1) is 31.4 Å². The van der Waals surface area contributed by atoms with Crippen molar-refractivity contribution in [2.24, 2.45) is 0 Å². The van der Waals surface area contributed by atoms with Gasteiger partial charge in [0, 0.05) is 36.6 Å². The van der Waals surface area contributed by atoms with Crippen molar-refractivity contribution in [3.63, 3.8) is 0 Å². The maximum absolute atomic E-state index is 13.1. The van der Waals surface area contributed by atoms with Gasteiger partial charge in [-0.3, -0.25) is 9.59 Å². The van der Waals surface area contributed by atoms with Crippen LogP contribution >= 0.6 is 11.8 Å². The number of nitrogens with zero attached hydrogens (tertiary/aromatic N) is 2.